The van der Waals surface area contributed by atoms with Crippen molar-refractivity contribution < 1.29 is 22.9 Å². The van der Waals surface area contributed by atoms with Crippen molar-refractivity contribution in [2.45, 2.75) is 18.7 Å². The van der Waals surface area contributed by atoms with Crippen molar-refractivity contribution in [3.8, 4) is 0 Å². The van der Waals surface area contributed by atoms with E-state index in [1.807, 2.05) is 0 Å². The van der Waals surface area contributed by atoms with Crippen molar-refractivity contribution >= 4 is 21.7 Å². The zero-order valence-electron chi connectivity index (χ0n) is 11.4. The molecule has 0 saturated carbocycles. The first-order valence-corrected chi connectivity index (χ1v) is 7.37. The van der Waals surface area contributed by atoms with E-state index in [0.717, 1.165) is 18.2 Å². The van der Waals surface area contributed by atoms with E-state index in [2.05, 4.69) is 9.46 Å². The van der Waals surface area contributed by atoms with Crippen molar-refractivity contribution in [1.82, 2.24) is 4.72 Å². The topological polar surface area (TPSA) is 116 Å². The highest BCUT2D eigenvalue weighted by Gasteiger charge is 2.25. The van der Waals surface area contributed by atoms with Gasteiger partial charge in [0.15, 0.2) is 4.90 Å². The molecule has 0 fully saturated rings. The lowest BCUT2D eigenvalue weighted by Crippen LogP contribution is -2.23. The number of carbonyl (C=O) groups excluding carboxylic acids is 1. The van der Waals surface area contributed by atoms with E-state index in [0.29, 0.717) is 0 Å². The smallest absolute Gasteiger partial charge is 0.332 e. The van der Waals surface area contributed by atoms with Gasteiger partial charge in [-0.3, -0.25) is 14.8 Å². The average molecular weight is 314 g/mol. The van der Waals surface area contributed by atoms with Crippen LogP contribution in [0.15, 0.2) is 40.9 Å². The van der Waals surface area contributed by atoms with E-state index in [1.165, 1.54) is 19.1 Å². The van der Waals surface area contributed by atoms with Gasteiger partial charge >= 0.3 is 5.97 Å². The zero-order chi connectivity index (χ0) is 16.0. The number of nitro benzene ring substituents is 1. The summed E-state index contributed by atoms with van der Waals surface area (Å²) in [6.45, 7) is 3.10. The molecule has 1 aromatic rings. The Balaban J connectivity index is 3.08. The number of rotatable bonds is 6. The highest BCUT2D eigenvalue weighted by Crippen LogP contribution is 2.23. The fourth-order valence-corrected chi connectivity index (χ4v) is 2.76. The Kier molecular flexibility index (Phi) is 5.42. The number of para-hydroxylation sites is 1. The summed E-state index contributed by atoms with van der Waals surface area (Å²) in [4.78, 5) is 20.8. The molecular weight excluding hydrogens is 300 g/mol. The highest BCUT2D eigenvalue weighted by molar-refractivity contribution is 7.89. The average Bonchev–Trinajstić information content (AvgIpc) is 2.38. The monoisotopic (exact) mass is 314 g/mol. The van der Waals surface area contributed by atoms with Crippen LogP contribution in [0.4, 0.5) is 5.69 Å². The molecule has 0 radical (unpaired) electrons. The van der Waals surface area contributed by atoms with Crippen LogP contribution in [0.2, 0.25) is 0 Å². The second-order valence-corrected chi connectivity index (χ2v) is 5.56. The van der Waals surface area contributed by atoms with Gasteiger partial charge in [-0.2, -0.15) is 0 Å². The minimum absolute atomic E-state index is 0.00778. The van der Waals surface area contributed by atoms with Crippen LogP contribution in [-0.4, -0.2) is 25.9 Å². The number of carbonyl (C=O) groups is 1. The van der Waals surface area contributed by atoms with Gasteiger partial charge in [0.2, 0.25) is 0 Å². The number of ether oxygens (including phenoxy) is 1. The van der Waals surface area contributed by atoms with Gasteiger partial charge in [0, 0.05) is 17.8 Å². The third kappa shape index (κ3) is 4.56. The van der Waals surface area contributed by atoms with Gasteiger partial charge in [0.1, 0.15) is 0 Å². The fraction of sp³-hybridized carbons (Fsp3) is 0.250. The van der Waals surface area contributed by atoms with Gasteiger partial charge in [0.25, 0.3) is 15.7 Å². The summed E-state index contributed by atoms with van der Waals surface area (Å²) < 4.78 is 30.9. The summed E-state index contributed by atoms with van der Waals surface area (Å²) in [6, 6.07) is 4.92. The van der Waals surface area contributed by atoms with Crippen LogP contribution in [0.1, 0.15) is 13.8 Å². The van der Waals surface area contributed by atoms with E-state index >= 15 is 0 Å². The molecule has 114 valence electrons. The third-order valence-electron chi connectivity index (χ3n) is 2.27. The first-order valence-electron chi connectivity index (χ1n) is 5.89. The van der Waals surface area contributed by atoms with Crippen molar-refractivity contribution in [1.29, 1.82) is 0 Å². The second kappa shape index (κ2) is 6.84. The molecule has 0 aliphatic carbocycles. The van der Waals surface area contributed by atoms with Crippen molar-refractivity contribution in [2.75, 3.05) is 6.61 Å². The molecule has 1 N–H and O–H groups in total. The molecule has 0 bridgehead atoms. The molecule has 0 spiro atoms. The number of esters is 1. The zero-order valence-corrected chi connectivity index (χ0v) is 12.2. The quantitative estimate of drug-likeness (QED) is 0.366. The molecule has 0 amide bonds. The van der Waals surface area contributed by atoms with Crippen LogP contribution in [0.5, 0.6) is 0 Å². The minimum Gasteiger partial charge on any atom is -0.463 e. The van der Waals surface area contributed by atoms with Crippen LogP contribution in [0, 0.1) is 10.1 Å². The number of sulfonamides is 1. The molecular formula is C12H14N2O6S. The minimum atomic E-state index is -4.16. The van der Waals surface area contributed by atoms with Gasteiger partial charge in [-0.1, -0.05) is 12.1 Å². The standard InChI is InChI=1S/C12H14N2O6S/c1-3-20-12(15)8-9(2)13-21(18,19)11-7-5-4-6-10(11)14(16)17/h4-8,13H,3H2,1-2H3. The van der Waals surface area contributed by atoms with Gasteiger partial charge in [-0.05, 0) is 19.9 Å². The number of hydrogen-bond acceptors (Lipinski definition) is 6. The molecule has 21 heavy (non-hydrogen) atoms. The van der Waals surface area contributed by atoms with E-state index in [1.54, 1.807) is 6.92 Å². The van der Waals surface area contributed by atoms with E-state index < -0.39 is 31.5 Å². The molecule has 0 atom stereocenters. The number of benzene rings is 1. The van der Waals surface area contributed by atoms with E-state index in [-0.39, 0.29) is 12.3 Å². The lowest BCUT2D eigenvalue weighted by atomic mass is 10.3. The van der Waals surface area contributed by atoms with Crippen molar-refractivity contribution in [2.24, 2.45) is 0 Å². The molecule has 0 heterocycles. The summed E-state index contributed by atoms with van der Waals surface area (Å²) in [5.41, 5.74) is -0.555. The number of nitro groups is 1. The molecule has 0 unspecified atom stereocenters. The largest absolute Gasteiger partial charge is 0.463 e. The fourth-order valence-electron chi connectivity index (χ4n) is 1.49. The summed E-state index contributed by atoms with van der Waals surface area (Å²) in [7, 11) is -4.16. The highest BCUT2D eigenvalue weighted by atomic mass is 32.2. The Bertz CT molecular complexity index is 681. The van der Waals surface area contributed by atoms with Crippen LogP contribution in [0.25, 0.3) is 0 Å². The number of allylic oxidation sites excluding steroid dienone is 1. The Morgan fingerprint density at radius 2 is 2.05 bits per heavy atom. The molecule has 1 rings (SSSR count). The van der Waals surface area contributed by atoms with Gasteiger partial charge in [-0.25, -0.2) is 13.2 Å². The van der Waals surface area contributed by atoms with Gasteiger partial charge < -0.3 is 4.74 Å². The normalized spacial score (nSPS) is 11.8. The predicted octanol–water partition coefficient (Wildman–Crippen LogP) is 1.34. The van der Waals surface area contributed by atoms with Crippen molar-refractivity contribution in [3.63, 3.8) is 0 Å². The summed E-state index contributed by atoms with van der Waals surface area (Å²) in [5, 5.41) is 10.8. The van der Waals surface area contributed by atoms with Crippen LogP contribution in [0.3, 0.4) is 0 Å². The maximum absolute atomic E-state index is 12.1. The Morgan fingerprint density at radius 1 is 1.43 bits per heavy atom. The lowest BCUT2D eigenvalue weighted by Gasteiger charge is -2.08. The number of hydrogen-bond donors (Lipinski definition) is 1. The van der Waals surface area contributed by atoms with Crippen LogP contribution in [-0.2, 0) is 19.6 Å². The first kappa shape index (κ1) is 16.6. The van der Waals surface area contributed by atoms with Crippen molar-refractivity contribution in [3.05, 3.63) is 46.2 Å². The Hall–Kier alpha value is -2.42. The predicted molar refractivity (Wildman–Crippen MR) is 73.8 cm³/mol. The lowest BCUT2D eigenvalue weighted by molar-refractivity contribution is -0.387. The SMILES string of the molecule is CCOC(=O)C=C(C)NS(=O)(=O)c1ccccc1[N+](=O)[O-]. The van der Waals surface area contributed by atoms with E-state index in [4.69, 9.17) is 0 Å². The molecule has 8 nitrogen and oxygen atoms in total. The Morgan fingerprint density at radius 3 is 2.62 bits per heavy atom. The third-order valence-corrected chi connectivity index (χ3v) is 3.78. The van der Waals surface area contributed by atoms with Crippen LogP contribution < -0.4 is 4.72 Å². The number of nitrogens with zero attached hydrogens (tertiary/aromatic N) is 1. The van der Waals surface area contributed by atoms with Crippen LogP contribution >= 0.6 is 0 Å². The first-order chi connectivity index (χ1) is 9.77. The summed E-state index contributed by atoms with van der Waals surface area (Å²) >= 11 is 0. The maximum atomic E-state index is 12.1. The maximum Gasteiger partial charge on any atom is 0.332 e. The number of nitrogens with one attached hydrogen (secondary N) is 1. The second-order valence-electron chi connectivity index (χ2n) is 3.91. The molecule has 0 aliphatic rings. The van der Waals surface area contributed by atoms with Gasteiger partial charge in [0.05, 0.1) is 11.5 Å². The molecule has 0 saturated heterocycles. The molecule has 1 aromatic carbocycles. The van der Waals surface area contributed by atoms with E-state index in [9.17, 15) is 23.3 Å². The summed E-state index contributed by atoms with van der Waals surface area (Å²) in [5.74, 6) is -0.708. The molecule has 0 aromatic heterocycles. The summed E-state index contributed by atoms with van der Waals surface area (Å²) in [6.07, 6.45) is 0.954. The molecule has 0 aliphatic heterocycles. The van der Waals surface area contributed by atoms with Gasteiger partial charge in [-0.15, -0.1) is 0 Å². The molecule has 9 heteroatoms. The Labute approximate surface area is 121 Å².